The van der Waals surface area contributed by atoms with Crippen molar-refractivity contribution in [1.82, 2.24) is 9.62 Å². The van der Waals surface area contributed by atoms with Gasteiger partial charge in [0.2, 0.25) is 10.0 Å². The van der Waals surface area contributed by atoms with Crippen LogP contribution in [-0.2, 0) is 10.0 Å². The minimum absolute atomic E-state index is 0.0894. The molecule has 0 radical (unpaired) electrons. The molecule has 1 aliphatic heterocycles. The van der Waals surface area contributed by atoms with Crippen molar-refractivity contribution < 1.29 is 13.2 Å². The van der Waals surface area contributed by atoms with Crippen LogP contribution < -0.4 is 4.72 Å². The van der Waals surface area contributed by atoms with Crippen LogP contribution in [0.1, 0.15) is 44.0 Å². The Labute approximate surface area is 132 Å². The summed E-state index contributed by atoms with van der Waals surface area (Å²) in [5.74, 6) is 0.555. The summed E-state index contributed by atoms with van der Waals surface area (Å²) in [5.41, 5.74) is 0.432. The van der Waals surface area contributed by atoms with Gasteiger partial charge in [-0.1, -0.05) is 13.0 Å². The second-order valence-corrected chi connectivity index (χ2v) is 7.99. The van der Waals surface area contributed by atoms with E-state index in [1.54, 1.807) is 26.0 Å². The van der Waals surface area contributed by atoms with Crippen molar-refractivity contribution in [3.05, 3.63) is 29.8 Å². The van der Waals surface area contributed by atoms with Crippen LogP contribution in [0, 0.1) is 5.92 Å². The Morgan fingerprint density at radius 1 is 1.27 bits per heavy atom. The standard InChI is InChI=1S/C16H24N2O3S/c1-12(2)17-22(20,21)15-6-4-5-14(11-15)16(19)18-9-7-13(3)8-10-18/h4-6,11-13,17H,7-10H2,1-3H3. The molecule has 1 amide bonds. The maximum atomic E-state index is 12.5. The predicted octanol–water partition coefficient (Wildman–Crippen LogP) is 2.25. The van der Waals surface area contributed by atoms with Crippen LogP contribution in [0.25, 0.3) is 0 Å². The van der Waals surface area contributed by atoms with Crippen LogP contribution in [0.2, 0.25) is 0 Å². The summed E-state index contributed by atoms with van der Waals surface area (Å²) in [6, 6.07) is 6.09. The normalized spacial score (nSPS) is 17.0. The highest BCUT2D eigenvalue weighted by atomic mass is 32.2. The number of likely N-dealkylation sites (tertiary alicyclic amines) is 1. The van der Waals surface area contributed by atoms with E-state index in [0.29, 0.717) is 11.5 Å². The number of hydrogen-bond acceptors (Lipinski definition) is 3. The van der Waals surface area contributed by atoms with E-state index in [9.17, 15) is 13.2 Å². The summed E-state index contributed by atoms with van der Waals surface area (Å²) in [6.45, 7) is 7.19. The van der Waals surface area contributed by atoms with E-state index >= 15 is 0 Å². The molecule has 6 heteroatoms. The lowest BCUT2D eigenvalue weighted by Gasteiger charge is -2.30. The second-order valence-electron chi connectivity index (χ2n) is 6.28. The van der Waals surface area contributed by atoms with Crippen molar-refractivity contribution in [2.75, 3.05) is 13.1 Å². The number of rotatable bonds is 4. The maximum Gasteiger partial charge on any atom is 0.253 e. The molecule has 22 heavy (non-hydrogen) atoms. The van der Waals surface area contributed by atoms with Gasteiger partial charge in [-0.15, -0.1) is 0 Å². The number of sulfonamides is 1. The zero-order valence-electron chi connectivity index (χ0n) is 13.4. The van der Waals surface area contributed by atoms with Gasteiger partial charge in [0.25, 0.3) is 5.91 Å². The summed E-state index contributed by atoms with van der Waals surface area (Å²) in [6.07, 6.45) is 2.00. The average Bonchev–Trinajstić information content (AvgIpc) is 2.46. The van der Waals surface area contributed by atoms with Crippen molar-refractivity contribution in [1.29, 1.82) is 0 Å². The molecule has 1 aliphatic rings. The van der Waals surface area contributed by atoms with Gasteiger partial charge in [-0.05, 0) is 50.8 Å². The van der Waals surface area contributed by atoms with Crippen LogP contribution >= 0.6 is 0 Å². The molecule has 0 bridgehead atoms. The maximum absolute atomic E-state index is 12.5. The number of nitrogens with one attached hydrogen (secondary N) is 1. The van der Waals surface area contributed by atoms with Gasteiger partial charge in [0.05, 0.1) is 4.90 Å². The van der Waals surface area contributed by atoms with Crippen molar-refractivity contribution in [2.45, 2.75) is 44.6 Å². The van der Waals surface area contributed by atoms with Crippen molar-refractivity contribution in [3.63, 3.8) is 0 Å². The average molecular weight is 324 g/mol. The molecule has 1 heterocycles. The molecule has 1 N–H and O–H groups in total. The molecule has 1 aromatic carbocycles. The minimum Gasteiger partial charge on any atom is -0.339 e. The Kier molecular flexibility index (Phi) is 5.24. The highest BCUT2D eigenvalue weighted by Gasteiger charge is 2.23. The molecular weight excluding hydrogens is 300 g/mol. The number of carbonyl (C=O) groups is 1. The third-order valence-corrected chi connectivity index (χ3v) is 5.51. The van der Waals surface area contributed by atoms with Gasteiger partial charge in [0, 0.05) is 24.7 Å². The first kappa shape index (κ1) is 17.0. The summed E-state index contributed by atoms with van der Waals surface area (Å²) in [4.78, 5) is 14.5. The number of carbonyl (C=O) groups excluding carboxylic acids is 1. The fourth-order valence-corrected chi connectivity index (χ4v) is 3.87. The Morgan fingerprint density at radius 3 is 2.50 bits per heavy atom. The summed E-state index contributed by atoms with van der Waals surface area (Å²) in [5, 5.41) is 0. The first-order valence-electron chi connectivity index (χ1n) is 7.71. The van der Waals surface area contributed by atoms with E-state index < -0.39 is 10.0 Å². The van der Waals surface area contributed by atoms with Gasteiger partial charge in [-0.3, -0.25) is 4.79 Å². The molecule has 0 atom stereocenters. The first-order valence-corrected chi connectivity index (χ1v) is 9.19. The summed E-state index contributed by atoms with van der Waals surface area (Å²) < 4.78 is 26.9. The molecule has 0 spiro atoms. The number of amides is 1. The van der Waals surface area contributed by atoms with Crippen LogP contribution in [0.3, 0.4) is 0 Å². The van der Waals surface area contributed by atoms with Gasteiger partial charge < -0.3 is 4.90 Å². The highest BCUT2D eigenvalue weighted by Crippen LogP contribution is 2.19. The molecular formula is C16H24N2O3S. The zero-order chi connectivity index (χ0) is 16.3. The molecule has 1 saturated heterocycles. The lowest BCUT2D eigenvalue weighted by Crippen LogP contribution is -2.38. The monoisotopic (exact) mass is 324 g/mol. The Morgan fingerprint density at radius 2 is 1.91 bits per heavy atom. The molecule has 2 rings (SSSR count). The van der Waals surface area contributed by atoms with Gasteiger partial charge in [0.1, 0.15) is 0 Å². The Hall–Kier alpha value is -1.40. The van der Waals surface area contributed by atoms with Crippen LogP contribution in [0.4, 0.5) is 0 Å². The first-order chi connectivity index (χ1) is 10.3. The molecule has 122 valence electrons. The van der Waals surface area contributed by atoms with E-state index in [1.165, 1.54) is 12.1 Å². The van der Waals surface area contributed by atoms with E-state index in [0.717, 1.165) is 25.9 Å². The SMILES string of the molecule is CC1CCN(C(=O)c2cccc(S(=O)(=O)NC(C)C)c2)CC1. The van der Waals surface area contributed by atoms with Crippen LogP contribution in [0.15, 0.2) is 29.2 Å². The van der Waals surface area contributed by atoms with Crippen LogP contribution in [-0.4, -0.2) is 38.4 Å². The smallest absolute Gasteiger partial charge is 0.253 e. The van der Waals surface area contributed by atoms with E-state index in [2.05, 4.69) is 11.6 Å². The van der Waals surface area contributed by atoms with Gasteiger partial charge in [-0.25, -0.2) is 13.1 Å². The van der Waals surface area contributed by atoms with Gasteiger partial charge >= 0.3 is 0 Å². The fourth-order valence-electron chi connectivity index (χ4n) is 2.57. The molecule has 1 fully saturated rings. The van der Waals surface area contributed by atoms with Crippen molar-refractivity contribution >= 4 is 15.9 Å². The van der Waals surface area contributed by atoms with Crippen molar-refractivity contribution in [2.24, 2.45) is 5.92 Å². The van der Waals surface area contributed by atoms with Gasteiger partial charge in [0.15, 0.2) is 0 Å². The van der Waals surface area contributed by atoms with E-state index in [-0.39, 0.29) is 16.8 Å². The molecule has 0 saturated carbocycles. The molecule has 5 nitrogen and oxygen atoms in total. The lowest BCUT2D eigenvalue weighted by molar-refractivity contribution is 0.0697. The Bertz CT molecular complexity index is 633. The minimum atomic E-state index is -3.58. The highest BCUT2D eigenvalue weighted by molar-refractivity contribution is 7.89. The lowest BCUT2D eigenvalue weighted by atomic mass is 9.98. The molecule has 0 aliphatic carbocycles. The number of hydrogen-bond donors (Lipinski definition) is 1. The largest absolute Gasteiger partial charge is 0.339 e. The molecule has 1 aromatic rings. The summed E-state index contributed by atoms with van der Waals surface area (Å²) in [7, 11) is -3.58. The predicted molar refractivity (Wildman–Crippen MR) is 86.2 cm³/mol. The van der Waals surface area contributed by atoms with Crippen molar-refractivity contribution in [3.8, 4) is 0 Å². The third-order valence-electron chi connectivity index (χ3n) is 3.85. The number of benzene rings is 1. The fraction of sp³-hybridized carbons (Fsp3) is 0.562. The summed E-state index contributed by atoms with van der Waals surface area (Å²) >= 11 is 0. The van der Waals surface area contributed by atoms with Gasteiger partial charge in [-0.2, -0.15) is 0 Å². The number of nitrogens with zero attached hydrogens (tertiary/aromatic N) is 1. The van der Waals surface area contributed by atoms with E-state index in [1.807, 2.05) is 4.90 Å². The topological polar surface area (TPSA) is 66.5 Å². The number of piperidine rings is 1. The molecule has 0 aromatic heterocycles. The molecule has 0 unspecified atom stereocenters. The second kappa shape index (κ2) is 6.79. The van der Waals surface area contributed by atoms with Crippen LogP contribution in [0.5, 0.6) is 0 Å². The Balaban J connectivity index is 2.19. The quantitative estimate of drug-likeness (QED) is 0.924. The third kappa shape index (κ3) is 4.08. The van der Waals surface area contributed by atoms with E-state index in [4.69, 9.17) is 0 Å². The zero-order valence-corrected chi connectivity index (χ0v) is 14.2.